The highest BCUT2D eigenvalue weighted by Crippen LogP contribution is 2.22. The Balaban J connectivity index is 1.94. The van der Waals surface area contributed by atoms with Crippen molar-refractivity contribution in [3.63, 3.8) is 0 Å². The van der Waals surface area contributed by atoms with Crippen molar-refractivity contribution in [2.75, 3.05) is 11.1 Å². The lowest BCUT2D eigenvalue weighted by Crippen LogP contribution is -2.11. The molecule has 0 aliphatic carbocycles. The van der Waals surface area contributed by atoms with Crippen LogP contribution in [-0.4, -0.2) is 10.9 Å². The minimum absolute atomic E-state index is 0.163. The van der Waals surface area contributed by atoms with E-state index in [1.54, 1.807) is 12.1 Å². The minimum Gasteiger partial charge on any atom is -0.397 e. The van der Waals surface area contributed by atoms with Gasteiger partial charge in [-0.15, -0.1) is 0 Å². The van der Waals surface area contributed by atoms with Crippen molar-refractivity contribution in [2.24, 2.45) is 0 Å². The van der Waals surface area contributed by atoms with E-state index < -0.39 is 0 Å². The van der Waals surface area contributed by atoms with Gasteiger partial charge in [-0.2, -0.15) is 11.3 Å². The molecule has 0 aliphatic rings. The Morgan fingerprint density at radius 3 is 2.94 bits per heavy atom. The van der Waals surface area contributed by atoms with Crippen LogP contribution in [0, 0.1) is 0 Å². The fourth-order valence-electron chi connectivity index (χ4n) is 1.84. The zero-order valence-electron chi connectivity index (χ0n) is 9.44. The number of benzene rings is 1. The molecule has 0 fully saturated rings. The monoisotopic (exact) mass is 257 g/mol. The van der Waals surface area contributed by atoms with Gasteiger partial charge in [0.25, 0.3) is 5.91 Å². The molecule has 2 heterocycles. The molecule has 3 rings (SSSR count). The van der Waals surface area contributed by atoms with E-state index in [-0.39, 0.29) is 5.91 Å². The van der Waals surface area contributed by atoms with Gasteiger partial charge in [-0.05, 0) is 23.6 Å². The molecule has 4 N–H and O–H groups in total. The third-order valence-corrected chi connectivity index (χ3v) is 3.40. The first-order valence-corrected chi connectivity index (χ1v) is 6.39. The fraction of sp³-hybridized carbons (Fsp3) is 0. The fourth-order valence-corrected chi connectivity index (χ4v) is 2.42. The quantitative estimate of drug-likeness (QED) is 0.617. The van der Waals surface area contributed by atoms with Crippen molar-refractivity contribution in [3.05, 3.63) is 46.8 Å². The number of thiophene rings is 1. The molecule has 2 aromatic heterocycles. The lowest BCUT2D eigenvalue weighted by Gasteiger charge is -1.99. The van der Waals surface area contributed by atoms with E-state index in [0.717, 1.165) is 16.6 Å². The summed E-state index contributed by atoms with van der Waals surface area (Å²) in [5.41, 5.74) is 8.60. The summed E-state index contributed by atoms with van der Waals surface area (Å²) in [4.78, 5) is 15.1. The van der Waals surface area contributed by atoms with Gasteiger partial charge in [0, 0.05) is 10.8 Å². The molecule has 0 unspecified atom stereocenters. The highest BCUT2D eigenvalue weighted by atomic mass is 32.1. The molecule has 0 atom stereocenters. The molecule has 0 saturated carbocycles. The maximum atomic E-state index is 12.0. The Hall–Kier alpha value is -2.27. The van der Waals surface area contributed by atoms with Gasteiger partial charge in [0.15, 0.2) is 0 Å². The number of hydrogen-bond acceptors (Lipinski definition) is 3. The first kappa shape index (κ1) is 10.9. The van der Waals surface area contributed by atoms with Crippen molar-refractivity contribution in [1.29, 1.82) is 0 Å². The Morgan fingerprint density at radius 2 is 2.22 bits per heavy atom. The van der Waals surface area contributed by atoms with E-state index >= 15 is 0 Å². The molecule has 5 heteroatoms. The van der Waals surface area contributed by atoms with Crippen molar-refractivity contribution < 1.29 is 4.79 Å². The average Bonchev–Trinajstić information content (AvgIpc) is 2.97. The number of H-pyrrole nitrogens is 1. The number of fused-ring (bicyclic) bond motifs is 1. The number of carbonyl (C=O) groups is 1. The summed E-state index contributed by atoms with van der Waals surface area (Å²) in [7, 11) is 0. The second kappa shape index (κ2) is 4.19. The number of amides is 1. The number of nitrogens with two attached hydrogens (primary N) is 1. The smallest absolute Gasteiger partial charge is 0.272 e. The van der Waals surface area contributed by atoms with Crippen LogP contribution >= 0.6 is 11.3 Å². The number of carbonyl (C=O) groups excluding carboxylic acids is 1. The van der Waals surface area contributed by atoms with Gasteiger partial charge in [0.05, 0.1) is 16.9 Å². The van der Waals surface area contributed by atoms with Crippen LogP contribution in [0.15, 0.2) is 41.1 Å². The SMILES string of the molecule is Nc1cccc2cc(C(=O)Nc3ccsc3)[nH]c12. The second-order valence-electron chi connectivity index (χ2n) is 3.96. The molecule has 1 aromatic carbocycles. The van der Waals surface area contributed by atoms with E-state index in [4.69, 9.17) is 5.73 Å². The Labute approximate surface area is 107 Å². The summed E-state index contributed by atoms with van der Waals surface area (Å²) in [6.07, 6.45) is 0. The van der Waals surface area contributed by atoms with Gasteiger partial charge >= 0.3 is 0 Å². The van der Waals surface area contributed by atoms with Crippen molar-refractivity contribution in [2.45, 2.75) is 0 Å². The number of hydrogen-bond donors (Lipinski definition) is 3. The molecule has 4 nitrogen and oxygen atoms in total. The maximum absolute atomic E-state index is 12.0. The van der Waals surface area contributed by atoms with Crippen LogP contribution in [0.1, 0.15) is 10.5 Å². The van der Waals surface area contributed by atoms with Gasteiger partial charge < -0.3 is 16.0 Å². The highest BCUT2D eigenvalue weighted by Gasteiger charge is 2.10. The van der Waals surface area contributed by atoms with Gasteiger partial charge in [-0.25, -0.2) is 0 Å². The molecule has 0 spiro atoms. The van der Waals surface area contributed by atoms with Crippen LogP contribution < -0.4 is 11.1 Å². The van der Waals surface area contributed by atoms with Crippen LogP contribution in [0.3, 0.4) is 0 Å². The first-order valence-electron chi connectivity index (χ1n) is 5.45. The topological polar surface area (TPSA) is 70.9 Å². The highest BCUT2D eigenvalue weighted by molar-refractivity contribution is 7.08. The van der Waals surface area contributed by atoms with Gasteiger partial charge in [0.1, 0.15) is 5.69 Å². The summed E-state index contributed by atoms with van der Waals surface area (Å²) in [6.45, 7) is 0. The third kappa shape index (κ3) is 1.84. The molecule has 18 heavy (non-hydrogen) atoms. The Kier molecular flexibility index (Phi) is 2.53. The number of anilines is 2. The van der Waals surface area contributed by atoms with E-state index in [1.165, 1.54) is 11.3 Å². The summed E-state index contributed by atoms with van der Waals surface area (Å²) in [5.74, 6) is -0.163. The predicted octanol–water partition coefficient (Wildman–Crippen LogP) is 3.06. The number of aromatic nitrogens is 1. The van der Waals surface area contributed by atoms with E-state index in [0.29, 0.717) is 11.4 Å². The summed E-state index contributed by atoms with van der Waals surface area (Å²) < 4.78 is 0. The lowest BCUT2D eigenvalue weighted by atomic mass is 10.2. The normalized spacial score (nSPS) is 10.7. The molecule has 90 valence electrons. The van der Waals surface area contributed by atoms with Crippen LogP contribution in [0.5, 0.6) is 0 Å². The van der Waals surface area contributed by atoms with Crippen LogP contribution in [0.4, 0.5) is 11.4 Å². The minimum atomic E-state index is -0.163. The molecule has 0 aliphatic heterocycles. The van der Waals surface area contributed by atoms with Crippen molar-refractivity contribution in [1.82, 2.24) is 4.98 Å². The number of nitrogen functional groups attached to an aromatic ring is 1. The molecule has 1 amide bonds. The Morgan fingerprint density at radius 1 is 1.33 bits per heavy atom. The zero-order valence-corrected chi connectivity index (χ0v) is 10.3. The molecule has 0 bridgehead atoms. The van der Waals surface area contributed by atoms with E-state index in [2.05, 4.69) is 10.3 Å². The maximum Gasteiger partial charge on any atom is 0.272 e. The number of para-hydroxylation sites is 1. The molecular formula is C13H11N3OS. The molecular weight excluding hydrogens is 246 g/mol. The number of nitrogens with one attached hydrogen (secondary N) is 2. The number of rotatable bonds is 2. The van der Waals surface area contributed by atoms with Crippen LogP contribution in [-0.2, 0) is 0 Å². The van der Waals surface area contributed by atoms with Gasteiger partial charge in [0.2, 0.25) is 0 Å². The van der Waals surface area contributed by atoms with Crippen LogP contribution in [0.25, 0.3) is 10.9 Å². The predicted molar refractivity (Wildman–Crippen MR) is 75.0 cm³/mol. The van der Waals surface area contributed by atoms with E-state index in [9.17, 15) is 4.79 Å². The molecule has 0 radical (unpaired) electrons. The summed E-state index contributed by atoms with van der Waals surface area (Å²) in [5, 5.41) is 7.55. The first-order chi connectivity index (χ1) is 8.74. The Bertz CT molecular complexity index is 700. The number of aromatic amines is 1. The van der Waals surface area contributed by atoms with Crippen LogP contribution in [0.2, 0.25) is 0 Å². The van der Waals surface area contributed by atoms with Gasteiger partial charge in [-0.1, -0.05) is 12.1 Å². The summed E-state index contributed by atoms with van der Waals surface area (Å²) >= 11 is 1.54. The van der Waals surface area contributed by atoms with Crippen molar-refractivity contribution in [3.8, 4) is 0 Å². The molecule has 0 saturated heterocycles. The summed E-state index contributed by atoms with van der Waals surface area (Å²) in [6, 6.07) is 9.25. The van der Waals surface area contributed by atoms with Crippen molar-refractivity contribution >= 4 is 39.5 Å². The van der Waals surface area contributed by atoms with E-state index in [1.807, 2.05) is 29.0 Å². The van der Waals surface area contributed by atoms with Gasteiger partial charge in [-0.3, -0.25) is 4.79 Å². The second-order valence-corrected chi connectivity index (χ2v) is 4.74. The largest absolute Gasteiger partial charge is 0.397 e. The zero-order chi connectivity index (χ0) is 12.5. The third-order valence-electron chi connectivity index (χ3n) is 2.71. The standard InChI is InChI=1S/C13H11N3OS/c14-10-3-1-2-8-6-11(16-12(8)10)13(17)15-9-4-5-18-7-9/h1-7,16H,14H2,(H,15,17). The molecule has 3 aromatic rings. The lowest BCUT2D eigenvalue weighted by molar-refractivity contribution is 0.102. The average molecular weight is 257 g/mol.